The Morgan fingerprint density at radius 3 is 2.88 bits per heavy atom. The standard InChI is InChI=1S/C12H18Cl2N2S/c1-8(10-5-11(13)17-12(10)14)15-6-9-3-4-16(2)7-9/h5,8-9,15H,3-4,6-7H2,1-2H3. The second kappa shape index (κ2) is 5.89. The molecular weight excluding hydrogens is 275 g/mol. The first-order valence-electron chi connectivity index (χ1n) is 5.93. The molecule has 2 atom stereocenters. The molecule has 0 saturated carbocycles. The van der Waals surface area contributed by atoms with Crippen LogP contribution in [0.25, 0.3) is 0 Å². The van der Waals surface area contributed by atoms with E-state index in [2.05, 4.69) is 24.2 Å². The number of nitrogens with zero attached hydrogens (tertiary/aromatic N) is 1. The molecule has 1 N–H and O–H groups in total. The molecule has 2 nitrogen and oxygen atoms in total. The summed E-state index contributed by atoms with van der Waals surface area (Å²) in [6.07, 6.45) is 1.29. The summed E-state index contributed by atoms with van der Waals surface area (Å²) >= 11 is 13.5. The highest BCUT2D eigenvalue weighted by Gasteiger charge is 2.20. The number of hydrogen-bond donors (Lipinski definition) is 1. The van der Waals surface area contributed by atoms with Crippen molar-refractivity contribution in [2.75, 3.05) is 26.7 Å². The van der Waals surface area contributed by atoms with Gasteiger partial charge in [0.15, 0.2) is 0 Å². The zero-order valence-corrected chi connectivity index (χ0v) is 12.5. The third-order valence-corrected chi connectivity index (χ3v) is 4.87. The molecule has 17 heavy (non-hydrogen) atoms. The quantitative estimate of drug-likeness (QED) is 0.911. The molecular formula is C12H18Cl2N2S. The zero-order valence-electron chi connectivity index (χ0n) is 10.2. The highest BCUT2D eigenvalue weighted by molar-refractivity contribution is 7.20. The van der Waals surface area contributed by atoms with Crippen LogP contribution in [0.1, 0.15) is 24.9 Å². The van der Waals surface area contributed by atoms with E-state index in [0.717, 1.165) is 26.7 Å². The lowest BCUT2D eigenvalue weighted by atomic mass is 10.1. The van der Waals surface area contributed by atoms with Gasteiger partial charge >= 0.3 is 0 Å². The molecule has 1 fully saturated rings. The van der Waals surface area contributed by atoms with Crippen molar-refractivity contribution in [2.45, 2.75) is 19.4 Å². The van der Waals surface area contributed by atoms with Gasteiger partial charge in [0.25, 0.3) is 0 Å². The minimum absolute atomic E-state index is 0.275. The zero-order chi connectivity index (χ0) is 12.4. The van der Waals surface area contributed by atoms with Crippen LogP contribution in [0.3, 0.4) is 0 Å². The Hall–Kier alpha value is 0.200. The number of thiophene rings is 1. The maximum absolute atomic E-state index is 6.14. The highest BCUT2D eigenvalue weighted by Crippen LogP contribution is 2.34. The largest absolute Gasteiger partial charge is 0.310 e. The fourth-order valence-electron chi connectivity index (χ4n) is 2.29. The Bertz CT molecular complexity index is 381. The van der Waals surface area contributed by atoms with Crippen molar-refractivity contribution in [3.8, 4) is 0 Å². The van der Waals surface area contributed by atoms with Crippen LogP contribution in [0, 0.1) is 5.92 Å². The van der Waals surface area contributed by atoms with Crippen LogP contribution < -0.4 is 5.32 Å². The first-order valence-corrected chi connectivity index (χ1v) is 7.50. The van der Waals surface area contributed by atoms with Crippen LogP contribution in [-0.4, -0.2) is 31.6 Å². The van der Waals surface area contributed by atoms with Crippen molar-refractivity contribution in [2.24, 2.45) is 5.92 Å². The molecule has 0 aromatic carbocycles. The van der Waals surface area contributed by atoms with E-state index >= 15 is 0 Å². The maximum Gasteiger partial charge on any atom is 0.0991 e. The molecule has 0 aliphatic carbocycles. The van der Waals surface area contributed by atoms with Crippen LogP contribution >= 0.6 is 34.5 Å². The minimum Gasteiger partial charge on any atom is -0.310 e. The number of halogens is 2. The molecule has 1 aliphatic rings. The smallest absolute Gasteiger partial charge is 0.0991 e. The van der Waals surface area contributed by atoms with Crippen molar-refractivity contribution >= 4 is 34.5 Å². The average Bonchev–Trinajstić information content (AvgIpc) is 2.81. The van der Waals surface area contributed by atoms with Crippen molar-refractivity contribution in [1.29, 1.82) is 0 Å². The Balaban J connectivity index is 1.85. The fourth-order valence-corrected chi connectivity index (χ4v) is 3.94. The lowest BCUT2D eigenvalue weighted by molar-refractivity contribution is 0.382. The normalized spacial score (nSPS) is 23.2. The molecule has 1 aromatic heterocycles. The molecule has 0 amide bonds. The van der Waals surface area contributed by atoms with E-state index in [1.807, 2.05) is 6.07 Å². The monoisotopic (exact) mass is 292 g/mol. The summed E-state index contributed by atoms with van der Waals surface area (Å²) < 4.78 is 1.57. The van der Waals surface area contributed by atoms with Gasteiger partial charge in [-0.1, -0.05) is 23.2 Å². The summed E-state index contributed by atoms with van der Waals surface area (Å²) in [4.78, 5) is 2.38. The third kappa shape index (κ3) is 3.58. The van der Waals surface area contributed by atoms with Gasteiger partial charge in [-0.25, -0.2) is 0 Å². The van der Waals surface area contributed by atoms with Crippen molar-refractivity contribution in [3.63, 3.8) is 0 Å². The molecule has 1 aromatic rings. The van der Waals surface area contributed by atoms with Crippen LogP contribution in [0.15, 0.2) is 6.07 Å². The Kier molecular flexibility index (Phi) is 4.72. The van der Waals surface area contributed by atoms with E-state index in [1.165, 1.54) is 30.8 Å². The van der Waals surface area contributed by atoms with E-state index in [1.54, 1.807) is 0 Å². The van der Waals surface area contributed by atoms with Gasteiger partial charge in [0.05, 0.1) is 8.67 Å². The van der Waals surface area contributed by atoms with Gasteiger partial charge in [-0.15, -0.1) is 11.3 Å². The van der Waals surface area contributed by atoms with E-state index in [9.17, 15) is 0 Å². The summed E-state index contributed by atoms with van der Waals surface area (Å²) in [7, 11) is 2.18. The molecule has 0 spiro atoms. The topological polar surface area (TPSA) is 15.3 Å². The molecule has 2 rings (SSSR count). The van der Waals surface area contributed by atoms with Crippen molar-refractivity contribution in [1.82, 2.24) is 10.2 Å². The average molecular weight is 293 g/mol. The SMILES string of the molecule is CC(NCC1CCN(C)C1)c1cc(Cl)sc1Cl. The summed E-state index contributed by atoms with van der Waals surface area (Å²) in [5.74, 6) is 0.760. The van der Waals surface area contributed by atoms with Gasteiger partial charge in [-0.05, 0) is 51.0 Å². The van der Waals surface area contributed by atoms with Crippen LogP contribution in [-0.2, 0) is 0 Å². The second-order valence-corrected chi connectivity index (χ2v) is 7.11. The van der Waals surface area contributed by atoms with E-state index in [-0.39, 0.29) is 6.04 Å². The molecule has 0 bridgehead atoms. The van der Waals surface area contributed by atoms with E-state index in [4.69, 9.17) is 23.2 Å². The summed E-state index contributed by atoms with van der Waals surface area (Å²) in [6, 6.07) is 2.24. The van der Waals surface area contributed by atoms with Gasteiger partial charge in [0.1, 0.15) is 0 Å². The second-order valence-electron chi connectivity index (χ2n) is 4.83. The minimum atomic E-state index is 0.275. The Morgan fingerprint density at radius 2 is 2.35 bits per heavy atom. The number of rotatable bonds is 4. The van der Waals surface area contributed by atoms with E-state index < -0.39 is 0 Å². The van der Waals surface area contributed by atoms with Crippen LogP contribution in [0.5, 0.6) is 0 Å². The maximum atomic E-state index is 6.14. The number of hydrogen-bond acceptors (Lipinski definition) is 3. The third-order valence-electron chi connectivity index (χ3n) is 3.35. The van der Waals surface area contributed by atoms with Crippen LogP contribution in [0.4, 0.5) is 0 Å². The van der Waals surface area contributed by atoms with Gasteiger partial charge in [0.2, 0.25) is 0 Å². The van der Waals surface area contributed by atoms with Crippen LogP contribution in [0.2, 0.25) is 8.67 Å². The molecule has 2 heterocycles. The molecule has 5 heteroatoms. The number of nitrogens with one attached hydrogen (secondary N) is 1. The summed E-state index contributed by atoms with van der Waals surface area (Å²) in [6.45, 7) is 5.60. The highest BCUT2D eigenvalue weighted by atomic mass is 35.5. The summed E-state index contributed by atoms with van der Waals surface area (Å²) in [5, 5.41) is 3.55. The van der Waals surface area contributed by atoms with E-state index in [0.29, 0.717) is 0 Å². The Morgan fingerprint density at radius 1 is 1.59 bits per heavy atom. The van der Waals surface area contributed by atoms with Gasteiger partial charge in [-0.3, -0.25) is 0 Å². The first kappa shape index (κ1) is 13.6. The molecule has 96 valence electrons. The fraction of sp³-hybridized carbons (Fsp3) is 0.667. The summed E-state index contributed by atoms with van der Waals surface area (Å²) in [5.41, 5.74) is 1.12. The van der Waals surface area contributed by atoms with Gasteiger partial charge in [0, 0.05) is 12.6 Å². The molecule has 2 unspecified atom stereocenters. The van der Waals surface area contributed by atoms with Gasteiger partial charge in [-0.2, -0.15) is 0 Å². The van der Waals surface area contributed by atoms with Crippen molar-refractivity contribution < 1.29 is 0 Å². The molecule has 0 radical (unpaired) electrons. The predicted molar refractivity (Wildman–Crippen MR) is 76.4 cm³/mol. The van der Waals surface area contributed by atoms with Gasteiger partial charge < -0.3 is 10.2 Å². The predicted octanol–water partition coefficient (Wildman–Crippen LogP) is 3.66. The number of likely N-dealkylation sites (tertiary alicyclic amines) is 1. The lowest BCUT2D eigenvalue weighted by Gasteiger charge is -2.17. The molecule has 1 aliphatic heterocycles. The molecule has 1 saturated heterocycles. The van der Waals surface area contributed by atoms with Crippen molar-refractivity contribution in [3.05, 3.63) is 20.3 Å². The Labute approximate surface area is 117 Å². The first-order chi connectivity index (χ1) is 8.06. The lowest BCUT2D eigenvalue weighted by Crippen LogP contribution is -2.27.